The van der Waals surface area contributed by atoms with Gasteiger partial charge >= 0.3 is 0 Å². The van der Waals surface area contributed by atoms with Gasteiger partial charge in [-0.1, -0.05) is 32.0 Å². The molecular formula is C22H36IN5O. The van der Waals surface area contributed by atoms with E-state index < -0.39 is 0 Å². The molecule has 29 heavy (non-hydrogen) atoms. The van der Waals surface area contributed by atoms with E-state index in [-0.39, 0.29) is 35.8 Å². The molecule has 0 saturated carbocycles. The van der Waals surface area contributed by atoms with Crippen molar-refractivity contribution in [2.75, 3.05) is 38.0 Å². The third-order valence-corrected chi connectivity index (χ3v) is 5.53. The van der Waals surface area contributed by atoms with E-state index in [0.29, 0.717) is 24.9 Å². The Hall–Kier alpha value is -1.35. The van der Waals surface area contributed by atoms with Gasteiger partial charge in [0.25, 0.3) is 0 Å². The van der Waals surface area contributed by atoms with Crippen molar-refractivity contribution in [1.29, 1.82) is 0 Å². The largest absolute Gasteiger partial charge is 0.357 e. The summed E-state index contributed by atoms with van der Waals surface area (Å²) < 4.78 is 0. The second kappa shape index (κ2) is 11.7. The Morgan fingerprint density at radius 3 is 2.86 bits per heavy atom. The van der Waals surface area contributed by atoms with Crippen molar-refractivity contribution < 1.29 is 4.79 Å². The van der Waals surface area contributed by atoms with E-state index in [9.17, 15) is 4.79 Å². The molecule has 162 valence electrons. The van der Waals surface area contributed by atoms with Crippen molar-refractivity contribution in [1.82, 2.24) is 15.5 Å². The maximum atomic E-state index is 12.0. The first-order valence-electron chi connectivity index (χ1n) is 10.7. The van der Waals surface area contributed by atoms with E-state index in [4.69, 9.17) is 4.99 Å². The minimum absolute atomic E-state index is 0. The SMILES string of the molecule is CCNC(=NC[C@H]1CCCN1CC(C)C)NCC1CC(=O)Nc2ccccc21.I. The summed E-state index contributed by atoms with van der Waals surface area (Å²) in [5.41, 5.74) is 2.13. The number of carbonyl (C=O) groups excluding carboxylic acids is 1. The van der Waals surface area contributed by atoms with Crippen LogP contribution in [-0.4, -0.2) is 55.5 Å². The number of halogens is 1. The highest BCUT2D eigenvalue weighted by Crippen LogP contribution is 2.31. The normalized spacial score (nSPS) is 22.1. The van der Waals surface area contributed by atoms with E-state index >= 15 is 0 Å². The average Bonchev–Trinajstić information content (AvgIpc) is 3.10. The van der Waals surface area contributed by atoms with Crippen LogP contribution in [0.3, 0.4) is 0 Å². The van der Waals surface area contributed by atoms with Gasteiger partial charge in [-0.25, -0.2) is 0 Å². The van der Waals surface area contributed by atoms with Crippen LogP contribution in [-0.2, 0) is 4.79 Å². The summed E-state index contributed by atoms with van der Waals surface area (Å²) in [6.07, 6.45) is 3.00. The number of likely N-dealkylation sites (tertiary alicyclic amines) is 1. The van der Waals surface area contributed by atoms with Crippen LogP contribution in [0.4, 0.5) is 5.69 Å². The standard InChI is InChI=1S/C22H35N5O.HI/c1-4-23-22(25-14-18-8-7-11-27(18)15-16(2)3)24-13-17-12-21(28)26-20-10-6-5-9-19(17)20;/h5-6,9-10,16-18H,4,7-8,11-15H2,1-3H3,(H,26,28)(H2,23,24,25);1H/t17?,18-;/m1./s1. The monoisotopic (exact) mass is 513 g/mol. The fourth-order valence-corrected chi connectivity index (χ4v) is 4.25. The summed E-state index contributed by atoms with van der Waals surface area (Å²) in [4.78, 5) is 19.5. The fraction of sp³-hybridized carbons (Fsp3) is 0.636. The van der Waals surface area contributed by atoms with Gasteiger partial charge in [0.1, 0.15) is 0 Å². The van der Waals surface area contributed by atoms with Crippen LogP contribution < -0.4 is 16.0 Å². The summed E-state index contributed by atoms with van der Waals surface area (Å²) >= 11 is 0. The van der Waals surface area contributed by atoms with E-state index in [0.717, 1.165) is 31.3 Å². The number of nitrogens with one attached hydrogen (secondary N) is 3. The Morgan fingerprint density at radius 2 is 2.10 bits per heavy atom. The van der Waals surface area contributed by atoms with Crippen molar-refractivity contribution in [2.45, 2.75) is 52.0 Å². The van der Waals surface area contributed by atoms with Crippen LogP contribution in [0.2, 0.25) is 0 Å². The Balaban J connectivity index is 0.00000300. The predicted molar refractivity (Wildman–Crippen MR) is 131 cm³/mol. The summed E-state index contributed by atoms with van der Waals surface area (Å²) in [6.45, 7) is 11.3. The molecule has 1 aromatic rings. The summed E-state index contributed by atoms with van der Waals surface area (Å²) in [5, 5.41) is 9.80. The molecular weight excluding hydrogens is 477 g/mol. The number of benzene rings is 1. The van der Waals surface area contributed by atoms with Crippen LogP contribution >= 0.6 is 24.0 Å². The molecule has 1 unspecified atom stereocenters. The number of fused-ring (bicyclic) bond motifs is 1. The molecule has 3 N–H and O–H groups in total. The lowest BCUT2D eigenvalue weighted by Crippen LogP contribution is -2.42. The number of nitrogens with zero attached hydrogens (tertiary/aromatic N) is 2. The Kier molecular flexibility index (Phi) is 9.68. The van der Waals surface area contributed by atoms with Gasteiger partial charge in [0.2, 0.25) is 5.91 Å². The molecule has 0 radical (unpaired) electrons. The molecule has 2 aliphatic rings. The highest BCUT2D eigenvalue weighted by Gasteiger charge is 2.26. The van der Waals surface area contributed by atoms with Gasteiger partial charge in [-0.15, -0.1) is 24.0 Å². The van der Waals surface area contributed by atoms with Gasteiger partial charge < -0.3 is 16.0 Å². The molecule has 3 rings (SSSR count). The highest BCUT2D eigenvalue weighted by molar-refractivity contribution is 14.0. The van der Waals surface area contributed by atoms with Crippen LogP contribution in [0, 0.1) is 5.92 Å². The number of carbonyl (C=O) groups is 1. The molecule has 1 saturated heterocycles. The zero-order valence-electron chi connectivity index (χ0n) is 17.9. The number of anilines is 1. The van der Waals surface area contributed by atoms with Gasteiger partial charge in [-0.3, -0.25) is 14.7 Å². The lowest BCUT2D eigenvalue weighted by molar-refractivity contribution is -0.116. The van der Waals surface area contributed by atoms with Crippen LogP contribution in [0.1, 0.15) is 51.5 Å². The maximum Gasteiger partial charge on any atom is 0.225 e. The van der Waals surface area contributed by atoms with Crippen molar-refractivity contribution >= 4 is 41.5 Å². The summed E-state index contributed by atoms with van der Waals surface area (Å²) in [6, 6.07) is 8.62. The Morgan fingerprint density at radius 1 is 1.31 bits per heavy atom. The summed E-state index contributed by atoms with van der Waals surface area (Å²) in [7, 11) is 0. The van der Waals surface area contributed by atoms with E-state index in [1.807, 2.05) is 18.2 Å². The van der Waals surface area contributed by atoms with E-state index in [2.05, 4.69) is 47.7 Å². The molecule has 0 aromatic heterocycles. The zero-order chi connectivity index (χ0) is 19.9. The Labute approximate surface area is 192 Å². The van der Waals surface area contributed by atoms with Gasteiger partial charge in [0.15, 0.2) is 5.96 Å². The fourth-order valence-electron chi connectivity index (χ4n) is 4.25. The molecule has 2 heterocycles. The maximum absolute atomic E-state index is 12.0. The molecule has 7 heteroatoms. The van der Waals surface area contributed by atoms with Gasteiger partial charge in [0.05, 0.1) is 6.54 Å². The Bertz CT molecular complexity index is 694. The third kappa shape index (κ3) is 6.84. The van der Waals surface area contributed by atoms with E-state index in [1.165, 1.54) is 24.9 Å². The number of rotatable bonds is 7. The van der Waals surface area contributed by atoms with Crippen molar-refractivity contribution in [3.05, 3.63) is 29.8 Å². The molecule has 2 aliphatic heterocycles. The topological polar surface area (TPSA) is 68.8 Å². The van der Waals surface area contributed by atoms with Gasteiger partial charge in [0, 0.05) is 43.7 Å². The molecule has 1 amide bonds. The second-order valence-electron chi connectivity index (χ2n) is 8.32. The first-order valence-corrected chi connectivity index (χ1v) is 10.7. The molecule has 1 aromatic carbocycles. The number of hydrogen-bond donors (Lipinski definition) is 3. The zero-order valence-corrected chi connectivity index (χ0v) is 20.2. The van der Waals surface area contributed by atoms with E-state index in [1.54, 1.807) is 0 Å². The van der Waals surface area contributed by atoms with Crippen molar-refractivity contribution in [3.63, 3.8) is 0 Å². The lowest BCUT2D eigenvalue weighted by atomic mass is 9.90. The third-order valence-electron chi connectivity index (χ3n) is 5.53. The quantitative estimate of drug-likeness (QED) is 0.297. The van der Waals surface area contributed by atoms with Gasteiger partial charge in [-0.2, -0.15) is 0 Å². The number of para-hydroxylation sites is 1. The summed E-state index contributed by atoms with van der Waals surface area (Å²) in [5.74, 6) is 1.79. The molecule has 2 atom stereocenters. The second-order valence-corrected chi connectivity index (χ2v) is 8.32. The van der Waals surface area contributed by atoms with Crippen LogP contribution in [0.25, 0.3) is 0 Å². The first kappa shape index (κ1) is 23.9. The number of aliphatic imine (C=N–C) groups is 1. The highest BCUT2D eigenvalue weighted by atomic mass is 127. The minimum Gasteiger partial charge on any atom is -0.357 e. The van der Waals surface area contributed by atoms with Crippen LogP contribution in [0.15, 0.2) is 29.3 Å². The van der Waals surface area contributed by atoms with Crippen LogP contribution in [0.5, 0.6) is 0 Å². The molecule has 0 aliphatic carbocycles. The molecule has 0 bridgehead atoms. The van der Waals surface area contributed by atoms with Gasteiger partial charge in [-0.05, 0) is 43.9 Å². The average molecular weight is 513 g/mol. The van der Waals surface area contributed by atoms with Crippen molar-refractivity contribution in [3.8, 4) is 0 Å². The first-order chi connectivity index (χ1) is 13.6. The number of hydrogen-bond acceptors (Lipinski definition) is 3. The lowest BCUT2D eigenvalue weighted by Gasteiger charge is -2.27. The molecule has 1 fully saturated rings. The number of amides is 1. The molecule has 6 nitrogen and oxygen atoms in total. The predicted octanol–water partition coefficient (Wildman–Crippen LogP) is 3.41. The number of guanidine groups is 1. The smallest absolute Gasteiger partial charge is 0.225 e. The minimum atomic E-state index is 0. The van der Waals surface area contributed by atoms with Crippen molar-refractivity contribution in [2.24, 2.45) is 10.9 Å². The molecule has 0 spiro atoms.